The molecule has 1 aromatic carbocycles. The molecule has 2 heteroatoms. The van der Waals surface area contributed by atoms with E-state index >= 15 is 0 Å². The average molecular weight is 235 g/mol. The lowest BCUT2D eigenvalue weighted by Gasteiger charge is -2.15. The highest BCUT2D eigenvalue weighted by atomic mass is 16.3. The second kappa shape index (κ2) is 6.65. The smallest absolute Gasteiger partial charge is 0.122 e. The molecular weight excluding hydrogens is 210 g/mol. The molecule has 1 rings (SSSR count). The fourth-order valence-electron chi connectivity index (χ4n) is 2.19. The number of hydrogen-bond acceptors (Lipinski definition) is 2. The molecule has 0 radical (unpaired) electrons. The van der Waals surface area contributed by atoms with Crippen molar-refractivity contribution < 1.29 is 5.11 Å². The zero-order valence-electron chi connectivity index (χ0n) is 11.3. The number of phenolic OH excluding ortho intramolecular Hbond substituents is 1. The first-order valence-corrected chi connectivity index (χ1v) is 6.62. The van der Waals surface area contributed by atoms with Crippen LogP contribution in [0.5, 0.6) is 5.75 Å². The maximum Gasteiger partial charge on any atom is 0.122 e. The van der Waals surface area contributed by atoms with Gasteiger partial charge in [0.2, 0.25) is 0 Å². The second-order valence-electron chi connectivity index (χ2n) is 4.95. The number of aryl methyl sites for hydroxylation is 1. The highest BCUT2D eigenvalue weighted by Gasteiger charge is 2.10. The van der Waals surface area contributed by atoms with Gasteiger partial charge in [-0.1, -0.05) is 45.2 Å². The van der Waals surface area contributed by atoms with Crippen LogP contribution in [0, 0.1) is 6.92 Å². The molecule has 0 aliphatic carbocycles. The molecule has 0 saturated heterocycles. The van der Waals surface area contributed by atoms with E-state index in [0.717, 1.165) is 11.1 Å². The average Bonchev–Trinajstić information content (AvgIpc) is 2.32. The molecule has 0 heterocycles. The van der Waals surface area contributed by atoms with Crippen LogP contribution in [0.3, 0.4) is 0 Å². The highest BCUT2D eigenvalue weighted by Crippen LogP contribution is 2.29. The quantitative estimate of drug-likeness (QED) is 0.736. The lowest BCUT2D eigenvalue weighted by Crippen LogP contribution is -2.02. The maximum absolute atomic E-state index is 9.84. The Labute approximate surface area is 105 Å². The maximum atomic E-state index is 9.84. The zero-order valence-corrected chi connectivity index (χ0v) is 11.3. The number of benzene rings is 1. The minimum atomic E-state index is 0.358. The first-order valence-electron chi connectivity index (χ1n) is 6.62. The largest absolute Gasteiger partial charge is 0.507 e. The van der Waals surface area contributed by atoms with Gasteiger partial charge in [-0.3, -0.25) is 0 Å². The number of nitrogens with two attached hydrogens (primary N) is 1. The number of hydrogen-bond donors (Lipinski definition) is 2. The van der Waals surface area contributed by atoms with Crippen LogP contribution < -0.4 is 5.73 Å². The molecule has 96 valence electrons. The molecule has 0 amide bonds. The summed E-state index contributed by atoms with van der Waals surface area (Å²) in [6.07, 6.45) is 5.04. The third kappa shape index (κ3) is 3.74. The highest BCUT2D eigenvalue weighted by molar-refractivity contribution is 5.43. The van der Waals surface area contributed by atoms with E-state index in [1.54, 1.807) is 0 Å². The predicted octanol–water partition coefficient (Wildman–Crippen LogP) is 3.84. The lowest BCUT2D eigenvalue weighted by atomic mass is 9.92. The minimum Gasteiger partial charge on any atom is -0.507 e. The normalized spacial score (nSPS) is 12.7. The van der Waals surface area contributed by atoms with Gasteiger partial charge in [-0.25, -0.2) is 0 Å². The number of aromatic hydroxyl groups is 1. The van der Waals surface area contributed by atoms with Crippen molar-refractivity contribution in [2.45, 2.75) is 58.9 Å². The van der Waals surface area contributed by atoms with Crippen molar-refractivity contribution in [3.8, 4) is 5.75 Å². The summed E-state index contributed by atoms with van der Waals surface area (Å²) in [7, 11) is 0. The van der Waals surface area contributed by atoms with Crippen molar-refractivity contribution in [2.75, 3.05) is 0 Å². The van der Waals surface area contributed by atoms with Gasteiger partial charge in [-0.15, -0.1) is 0 Å². The molecule has 0 aromatic heterocycles. The Hall–Kier alpha value is -1.02. The van der Waals surface area contributed by atoms with Crippen LogP contribution in [0.4, 0.5) is 0 Å². The van der Waals surface area contributed by atoms with E-state index < -0.39 is 0 Å². The molecule has 0 fully saturated rings. The van der Waals surface area contributed by atoms with Crippen LogP contribution in [0.25, 0.3) is 0 Å². The molecule has 17 heavy (non-hydrogen) atoms. The first-order chi connectivity index (χ1) is 8.10. The molecular formula is C15H25NO. The van der Waals surface area contributed by atoms with Crippen molar-refractivity contribution in [3.05, 3.63) is 28.8 Å². The van der Waals surface area contributed by atoms with Gasteiger partial charge in [0, 0.05) is 12.1 Å². The van der Waals surface area contributed by atoms with Gasteiger partial charge in [0.05, 0.1) is 0 Å². The molecule has 1 unspecified atom stereocenters. The Morgan fingerprint density at radius 3 is 2.59 bits per heavy atom. The van der Waals surface area contributed by atoms with Crippen LogP contribution in [-0.4, -0.2) is 5.11 Å². The zero-order chi connectivity index (χ0) is 12.8. The van der Waals surface area contributed by atoms with E-state index in [2.05, 4.69) is 26.0 Å². The fraction of sp³-hybridized carbons (Fsp3) is 0.600. The van der Waals surface area contributed by atoms with Crippen LogP contribution in [-0.2, 0) is 6.54 Å². The number of phenols is 1. The molecule has 1 aromatic rings. The van der Waals surface area contributed by atoms with Crippen molar-refractivity contribution >= 4 is 0 Å². The van der Waals surface area contributed by atoms with Crippen molar-refractivity contribution in [3.63, 3.8) is 0 Å². The van der Waals surface area contributed by atoms with E-state index in [1.807, 2.05) is 6.92 Å². The van der Waals surface area contributed by atoms with Gasteiger partial charge in [0.25, 0.3) is 0 Å². The molecule has 0 aliphatic rings. The van der Waals surface area contributed by atoms with E-state index in [9.17, 15) is 5.11 Å². The van der Waals surface area contributed by atoms with E-state index in [0.29, 0.717) is 18.2 Å². The molecule has 0 aliphatic heterocycles. The SMILES string of the molecule is CCCCCC(C)c1cc(C)c(O)c(CN)c1. The summed E-state index contributed by atoms with van der Waals surface area (Å²) < 4.78 is 0. The second-order valence-corrected chi connectivity index (χ2v) is 4.95. The summed E-state index contributed by atoms with van der Waals surface area (Å²) in [5.74, 6) is 0.906. The summed E-state index contributed by atoms with van der Waals surface area (Å²) in [4.78, 5) is 0. The molecule has 0 spiro atoms. The van der Waals surface area contributed by atoms with Gasteiger partial charge < -0.3 is 10.8 Å². The summed E-state index contributed by atoms with van der Waals surface area (Å²) in [5, 5.41) is 9.84. The molecule has 0 saturated carbocycles. The molecule has 1 atom stereocenters. The van der Waals surface area contributed by atoms with Gasteiger partial charge in [0.1, 0.15) is 5.75 Å². The van der Waals surface area contributed by atoms with Gasteiger partial charge in [-0.2, -0.15) is 0 Å². The summed E-state index contributed by atoms with van der Waals surface area (Å²) in [6.45, 7) is 6.82. The van der Waals surface area contributed by atoms with Crippen molar-refractivity contribution in [2.24, 2.45) is 5.73 Å². The monoisotopic (exact) mass is 235 g/mol. The Morgan fingerprint density at radius 1 is 1.29 bits per heavy atom. The van der Waals surface area contributed by atoms with Gasteiger partial charge in [-0.05, 0) is 30.4 Å². The number of rotatable bonds is 6. The minimum absolute atomic E-state index is 0.358. The Balaban J connectivity index is 2.79. The van der Waals surface area contributed by atoms with Crippen LogP contribution >= 0.6 is 0 Å². The van der Waals surface area contributed by atoms with Gasteiger partial charge >= 0.3 is 0 Å². The fourth-order valence-corrected chi connectivity index (χ4v) is 2.19. The van der Waals surface area contributed by atoms with Crippen molar-refractivity contribution in [1.82, 2.24) is 0 Å². The summed E-state index contributed by atoms with van der Waals surface area (Å²) in [6, 6.07) is 4.14. The predicted molar refractivity (Wildman–Crippen MR) is 73.3 cm³/mol. The first kappa shape index (κ1) is 14.0. The molecule has 2 nitrogen and oxygen atoms in total. The third-order valence-corrected chi connectivity index (χ3v) is 3.43. The molecule has 0 bridgehead atoms. The van der Waals surface area contributed by atoms with E-state index in [-0.39, 0.29) is 0 Å². The topological polar surface area (TPSA) is 46.2 Å². The van der Waals surface area contributed by atoms with E-state index in [4.69, 9.17) is 5.73 Å². The van der Waals surface area contributed by atoms with Crippen LogP contribution in [0.15, 0.2) is 12.1 Å². The Morgan fingerprint density at radius 2 is 2.00 bits per heavy atom. The Bertz CT molecular complexity index is 360. The van der Waals surface area contributed by atoms with E-state index in [1.165, 1.54) is 31.2 Å². The van der Waals surface area contributed by atoms with Crippen LogP contribution in [0.2, 0.25) is 0 Å². The van der Waals surface area contributed by atoms with Gasteiger partial charge in [0.15, 0.2) is 0 Å². The molecule has 3 N–H and O–H groups in total. The van der Waals surface area contributed by atoms with Crippen molar-refractivity contribution in [1.29, 1.82) is 0 Å². The lowest BCUT2D eigenvalue weighted by molar-refractivity contribution is 0.463. The standard InChI is InChI=1S/C15H25NO/c1-4-5-6-7-11(2)13-8-12(3)15(17)14(9-13)10-16/h8-9,11,17H,4-7,10,16H2,1-3H3. The Kier molecular flexibility index (Phi) is 5.49. The third-order valence-electron chi connectivity index (χ3n) is 3.43. The van der Waals surface area contributed by atoms with Crippen LogP contribution in [0.1, 0.15) is 62.1 Å². The summed E-state index contributed by atoms with van der Waals surface area (Å²) in [5.41, 5.74) is 8.75. The number of unbranched alkanes of at least 4 members (excludes halogenated alkanes) is 2. The summed E-state index contributed by atoms with van der Waals surface area (Å²) >= 11 is 0.